The van der Waals surface area contributed by atoms with Crippen LogP contribution in [-0.4, -0.2) is 24.6 Å². The van der Waals surface area contributed by atoms with Crippen molar-refractivity contribution in [2.24, 2.45) is 0 Å². The fraction of sp³-hybridized carbons (Fsp3) is 1.00. The molecule has 0 aliphatic carbocycles. The Balaban J connectivity index is 4.83. The summed E-state index contributed by atoms with van der Waals surface area (Å²) in [7, 11) is 0. The second kappa shape index (κ2) is 24.1. The molecular formula is C32H68ClP. The number of hydrogen-bond donors (Lipinski definition) is 0. The topological polar surface area (TPSA) is 0 Å². The summed E-state index contributed by atoms with van der Waals surface area (Å²) in [6.07, 6.45) is 39.5. The van der Waals surface area contributed by atoms with E-state index in [0.29, 0.717) is 0 Å². The Kier molecular flexibility index (Phi) is 24.6. The third-order valence-electron chi connectivity index (χ3n) is 8.28. The van der Waals surface area contributed by atoms with Crippen molar-refractivity contribution in [3.05, 3.63) is 0 Å². The molecule has 0 rings (SSSR count). The molecule has 0 fully saturated rings. The van der Waals surface area contributed by atoms with Crippen LogP contribution in [0.1, 0.15) is 182 Å². The van der Waals surface area contributed by atoms with Gasteiger partial charge in [0.2, 0.25) is 0 Å². The van der Waals surface area contributed by atoms with Gasteiger partial charge in [0.15, 0.2) is 0 Å². The minimum atomic E-state index is -2.08. The Morgan fingerprint density at radius 2 is 0.471 bits per heavy atom. The van der Waals surface area contributed by atoms with Crippen LogP contribution in [-0.2, 0) is 0 Å². The summed E-state index contributed by atoms with van der Waals surface area (Å²) in [5, 5.41) is 0. The molecule has 0 saturated heterocycles. The van der Waals surface area contributed by atoms with Crippen molar-refractivity contribution in [1.29, 1.82) is 0 Å². The van der Waals surface area contributed by atoms with Gasteiger partial charge in [0.1, 0.15) is 0 Å². The van der Waals surface area contributed by atoms with Gasteiger partial charge in [-0.3, -0.25) is 0 Å². The second-order valence-electron chi connectivity index (χ2n) is 11.8. The Morgan fingerprint density at radius 3 is 0.706 bits per heavy atom. The zero-order chi connectivity index (χ0) is 25.2. The molecule has 0 nitrogen and oxygen atoms in total. The van der Waals surface area contributed by atoms with Crippen LogP contribution in [0.25, 0.3) is 0 Å². The van der Waals surface area contributed by atoms with Crippen LogP contribution < -0.4 is 0 Å². The molecule has 0 radical (unpaired) electrons. The Morgan fingerprint density at radius 1 is 0.294 bits per heavy atom. The average molecular weight is 519 g/mol. The van der Waals surface area contributed by atoms with Crippen LogP contribution in [0.3, 0.4) is 0 Å². The molecule has 0 aromatic rings. The summed E-state index contributed by atoms with van der Waals surface area (Å²) >= 11 is 8.05. The standard InChI is InChI=1S/C32H68ClP/c1-5-9-13-17-19-21-23-27-31-34(33,29-25-15-11-7-3,30-26-16-12-8-4)32-28-24-22-20-18-14-10-6-2/h5-32H2,1-4H3. The van der Waals surface area contributed by atoms with E-state index in [0.717, 1.165) is 0 Å². The minimum absolute atomic E-state index is 1.34. The van der Waals surface area contributed by atoms with Gasteiger partial charge in [0, 0.05) is 0 Å². The maximum atomic E-state index is 8.05. The summed E-state index contributed by atoms with van der Waals surface area (Å²) in [6, 6.07) is 0. The van der Waals surface area contributed by atoms with Gasteiger partial charge < -0.3 is 0 Å². The van der Waals surface area contributed by atoms with Crippen molar-refractivity contribution in [3.63, 3.8) is 0 Å². The van der Waals surface area contributed by atoms with E-state index in [1.165, 1.54) is 179 Å². The fourth-order valence-corrected chi connectivity index (χ4v) is 12.7. The van der Waals surface area contributed by atoms with E-state index in [9.17, 15) is 0 Å². The van der Waals surface area contributed by atoms with E-state index in [1.54, 1.807) is 0 Å². The van der Waals surface area contributed by atoms with E-state index in [4.69, 9.17) is 11.2 Å². The normalized spacial score (nSPS) is 13.3. The summed E-state index contributed by atoms with van der Waals surface area (Å²) in [4.78, 5) is 0. The van der Waals surface area contributed by atoms with Gasteiger partial charge in [-0.2, -0.15) is 0 Å². The van der Waals surface area contributed by atoms with E-state index >= 15 is 0 Å². The predicted octanol–water partition coefficient (Wildman–Crippen LogP) is 13.1. The monoisotopic (exact) mass is 518 g/mol. The van der Waals surface area contributed by atoms with Crippen LogP contribution in [0, 0.1) is 0 Å². The van der Waals surface area contributed by atoms with Gasteiger partial charge in [-0.1, -0.05) is 0 Å². The van der Waals surface area contributed by atoms with Gasteiger partial charge in [0.25, 0.3) is 0 Å². The molecule has 0 atom stereocenters. The first kappa shape index (κ1) is 34.7. The summed E-state index contributed by atoms with van der Waals surface area (Å²) in [5.41, 5.74) is 0. The first-order valence-corrected chi connectivity index (χ1v) is 20.1. The van der Waals surface area contributed by atoms with Crippen LogP contribution in [0.2, 0.25) is 0 Å². The third-order valence-corrected chi connectivity index (χ3v) is 16.0. The third kappa shape index (κ3) is 19.9. The molecule has 0 spiro atoms. The number of hydrogen-bond acceptors (Lipinski definition) is 0. The SMILES string of the molecule is CCCCCCCCCCP(Cl)(CCCCCC)(CCCCCC)CCCCCCCCCC. The molecule has 34 heavy (non-hydrogen) atoms. The molecule has 0 heterocycles. The summed E-state index contributed by atoms with van der Waals surface area (Å²) < 4.78 is 0. The summed E-state index contributed by atoms with van der Waals surface area (Å²) in [6.45, 7) is 9.31. The average Bonchev–Trinajstić information content (AvgIpc) is 2.84. The van der Waals surface area contributed by atoms with Crippen molar-refractivity contribution in [2.45, 2.75) is 182 Å². The van der Waals surface area contributed by atoms with Crippen molar-refractivity contribution in [1.82, 2.24) is 0 Å². The first-order chi connectivity index (χ1) is 16.5. The van der Waals surface area contributed by atoms with Crippen LogP contribution in [0.4, 0.5) is 0 Å². The molecule has 0 saturated carbocycles. The maximum absolute atomic E-state index is 8.05. The molecule has 0 aliphatic heterocycles. The van der Waals surface area contributed by atoms with Crippen molar-refractivity contribution >= 4 is 17.2 Å². The molecule has 0 N–H and O–H groups in total. The Bertz CT molecular complexity index is 372. The second-order valence-corrected chi connectivity index (χ2v) is 20.1. The van der Waals surface area contributed by atoms with Crippen molar-refractivity contribution in [2.75, 3.05) is 24.6 Å². The predicted molar refractivity (Wildman–Crippen MR) is 166 cm³/mol. The van der Waals surface area contributed by atoms with Gasteiger partial charge in [-0.05, 0) is 0 Å². The molecule has 0 aromatic heterocycles. The van der Waals surface area contributed by atoms with Gasteiger partial charge in [0.05, 0.1) is 0 Å². The number of rotatable bonds is 28. The molecule has 0 unspecified atom stereocenters. The van der Waals surface area contributed by atoms with E-state index in [2.05, 4.69) is 27.7 Å². The quantitative estimate of drug-likeness (QED) is 0.0713. The molecular weight excluding hydrogens is 451 g/mol. The molecule has 208 valence electrons. The number of unbranched alkanes of at least 4 members (excludes halogenated alkanes) is 20. The van der Waals surface area contributed by atoms with Crippen molar-refractivity contribution < 1.29 is 0 Å². The van der Waals surface area contributed by atoms with E-state index in [-0.39, 0.29) is 0 Å². The molecule has 0 aliphatic rings. The zero-order valence-electron chi connectivity index (χ0n) is 24.6. The fourth-order valence-electron chi connectivity index (χ4n) is 5.82. The van der Waals surface area contributed by atoms with Gasteiger partial charge in [-0.25, -0.2) is 0 Å². The van der Waals surface area contributed by atoms with Crippen LogP contribution >= 0.6 is 17.2 Å². The van der Waals surface area contributed by atoms with Gasteiger partial charge in [-0.15, -0.1) is 0 Å². The number of halogens is 1. The molecule has 0 bridgehead atoms. The van der Waals surface area contributed by atoms with E-state index < -0.39 is 5.96 Å². The Hall–Kier alpha value is 0.720. The first-order valence-electron chi connectivity index (χ1n) is 16.3. The molecule has 0 aromatic carbocycles. The van der Waals surface area contributed by atoms with E-state index in [1.807, 2.05) is 0 Å². The molecule has 0 amide bonds. The zero-order valence-corrected chi connectivity index (χ0v) is 26.3. The van der Waals surface area contributed by atoms with Crippen LogP contribution in [0.15, 0.2) is 0 Å². The Labute approximate surface area is 223 Å². The van der Waals surface area contributed by atoms with Crippen molar-refractivity contribution in [3.8, 4) is 0 Å². The summed E-state index contributed by atoms with van der Waals surface area (Å²) in [5.74, 6) is -2.08. The van der Waals surface area contributed by atoms with Gasteiger partial charge >= 0.3 is 224 Å². The van der Waals surface area contributed by atoms with Crippen LogP contribution in [0.5, 0.6) is 0 Å². The molecule has 2 heteroatoms.